The summed E-state index contributed by atoms with van der Waals surface area (Å²) in [5.74, 6) is 0.739. The average Bonchev–Trinajstić information content (AvgIpc) is 2.86. The van der Waals surface area contributed by atoms with Gasteiger partial charge in [-0.05, 0) is 17.7 Å². The van der Waals surface area contributed by atoms with Crippen LogP contribution in [0.3, 0.4) is 0 Å². The molecule has 0 aliphatic rings. The molecule has 0 saturated heterocycles. The van der Waals surface area contributed by atoms with Crippen LogP contribution in [0, 0.1) is 11.3 Å². The Kier molecular flexibility index (Phi) is 3.61. The molecule has 2 heterocycles. The molecule has 22 heavy (non-hydrogen) atoms. The van der Waals surface area contributed by atoms with E-state index >= 15 is 0 Å². The molecule has 3 aromatic rings. The van der Waals surface area contributed by atoms with Gasteiger partial charge >= 0.3 is 0 Å². The topological polar surface area (TPSA) is 71.1 Å². The number of rotatable bonds is 3. The molecule has 0 aliphatic heterocycles. The molecule has 0 unspecified atom stereocenters. The van der Waals surface area contributed by atoms with E-state index in [0.29, 0.717) is 22.5 Å². The van der Waals surface area contributed by atoms with Crippen molar-refractivity contribution in [3.8, 4) is 17.6 Å². The van der Waals surface area contributed by atoms with Crippen LogP contribution in [0.15, 0.2) is 36.7 Å². The van der Waals surface area contributed by atoms with Gasteiger partial charge in [-0.25, -0.2) is 4.98 Å². The van der Waals surface area contributed by atoms with Crippen molar-refractivity contribution in [2.45, 2.75) is 6.54 Å². The van der Waals surface area contributed by atoms with Crippen LogP contribution >= 0.6 is 11.6 Å². The van der Waals surface area contributed by atoms with Crippen LogP contribution in [0.25, 0.3) is 10.9 Å². The zero-order valence-corrected chi connectivity index (χ0v) is 12.5. The van der Waals surface area contributed by atoms with E-state index in [1.807, 2.05) is 34.9 Å². The molecule has 6 heteroatoms. The number of pyridine rings is 1. The van der Waals surface area contributed by atoms with Gasteiger partial charge in [-0.1, -0.05) is 23.7 Å². The summed E-state index contributed by atoms with van der Waals surface area (Å²) >= 11 is 6.19. The van der Waals surface area contributed by atoms with Gasteiger partial charge in [-0.15, -0.1) is 0 Å². The highest BCUT2D eigenvalue weighted by Gasteiger charge is 2.16. The van der Waals surface area contributed by atoms with Crippen molar-refractivity contribution in [1.82, 2.24) is 9.55 Å². The van der Waals surface area contributed by atoms with Crippen LogP contribution in [-0.2, 0) is 6.54 Å². The van der Waals surface area contributed by atoms with Crippen molar-refractivity contribution < 1.29 is 9.84 Å². The number of methoxy groups -OCH3 is 1. The number of nitriles is 1. The molecule has 5 nitrogen and oxygen atoms in total. The Hall–Kier alpha value is -2.71. The van der Waals surface area contributed by atoms with E-state index in [4.69, 9.17) is 16.3 Å². The van der Waals surface area contributed by atoms with E-state index in [2.05, 4.69) is 4.98 Å². The molecule has 3 rings (SSSR count). The minimum Gasteiger partial charge on any atom is -0.506 e. The van der Waals surface area contributed by atoms with Crippen molar-refractivity contribution in [3.05, 3.63) is 52.9 Å². The zero-order chi connectivity index (χ0) is 15.7. The molecular formula is C16H12ClN3O2. The summed E-state index contributed by atoms with van der Waals surface area (Å²) in [7, 11) is 1.61. The van der Waals surface area contributed by atoms with Crippen molar-refractivity contribution >= 4 is 22.5 Å². The first-order valence-electron chi connectivity index (χ1n) is 6.53. The summed E-state index contributed by atoms with van der Waals surface area (Å²) in [6, 6.07) is 9.63. The van der Waals surface area contributed by atoms with Gasteiger partial charge < -0.3 is 14.4 Å². The molecule has 0 bridgehead atoms. The lowest BCUT2D eigenvalue weighted by Crippen LogP contribution is -2.00. The monoisotopic (exact) mass is 313 g/mol. The normalized spacial score (nSPS) is 10.6. The van der Waals surface area contributed by atoms with Crippen molar-refractivity contribution in [2.24, 2.45) is 0 Å². The highest BCUT2D eigenvalue weighted by atomic mass is 35.5. The number of benzene rings is 1. The molecule has 0 atom stereocenters. The lowest BCUT2D eigenvalue weighted by atomic mass is 10.2. The Bertz CT molecular complexity index is 879. The largest absolute Gasteiger partial charge is 0.506 e. The molecule has 0 aliphatic carbocycles. The second-order valence-corrected chi connectivity index (χ2v) is 5.19. The van der Waals surface area contributed by atoms with Gasteiger partial charge in [-0.2, -0.15) is 5.26 Å². The fourth-order valence-corrected chi connectivity index (χ4v) is 2.71. The second kappa shape index (κ2) is 5.58. The quantitative estimate of drug-likeness (QED) is 0.805. The van der Waals surface area contributed by atoms with Gasteiger partial charge in [0.05, 0.1) is 29.2 Å². The SMILES string of the molecule is COc1ccc(Cn2cc(Cl)c3c(O)cnc(C#N)c32)cc1. The van der Waals surface area contributed by atoms with Crippen LogP contribution in [0.5, 0.6) is 11.5 Å². The number of halogens is 1. The number of aromatic nitrogens is 2. The lowest BCUT2D eigenvalue weighted by molar-refractivity contribution is 0.414. The van der Waals surface area contributed by atoms with Gasteiger partial charge in [0.1, 0.15) is 17.6 Å². The van der Waals surface area contributed by atoms with Crippen molar-refractivity contribution in [1.29, 1.82) is 5.26 Å². The summed E-state index contributed by atoms with van der Waals surface area (Å²) in [6.45, 7) is 0.507. The van der Waals surface area contributed by atoms with Crippen LogP contribution in [0.4, 0.5) is 0 Å². The van der Waals surface area contributed by atoms with Crippen molar-refractivity contribution in [3.63, 3.8) is 0 Å². The maximum absolute atomic E-state index is 9.93. The van der Waals surface area contributed by atoms with E-state index in [9.17, 15) is 10.4 Å². The van der Waals surface area contributed by atoms with E-state index < -0.39 is 0 Å². The van der Waals surface area contributed by atoms with Crippen LogP contribution in [0.1, 0.15) is 11.3 Å². The van der Waals surface area contributed by atoms with Crippen molar-refractivity contribution in [2.75, 3.05) is 7.11 Å². The molecule has 0 fully saturated rings. The van der Waals surface area contributed by atoms with Gasteiger partial charge in [-0.3, -0.25) is 0 Å². The first-order chi connectivity index (χ1) is 10.6. The summed E-state index contributed by atoms with van der Waals surface area (Å²) in [4.78, 5) is 3.96. The molecule has 0 radical (unpaired) electrons. The van der Waals surface area contributed by atoms with Gasteiger partial charge in [0.25, 0.3) is 0 Å². The number of fused-ring (bicyclic) bond motifs is 1. The Morgan fingerprint density at radius 2 is 2.09 bits per heavy atom. The molecule has 110 valence electrons. The number of ether oxygens (including phenoxy) is 1. The first-order valence-corrected chi connectivity index (χ1v) is 6.91. The smallest absolute Gasteiger partial charge is 0.165 e. The highest BCUT2D eigenvalue weighted by Crippen LogP contribution is 2.34. The third kappa shape index (κ3) is 2.34. The Balaban J connectivity index is 2.11. The minimum absolute atomic E-state index is 0.0347. The zero-order valence-electron chi connectivity index (χ0n) is 11.7. The lowest BCUT2D eigenvalue weighted by Gasteiger charge is -2.07. The maximum Gasteiger partial charge on any atom is 0.165 e. The number of hydrogen-bond acceptors (Lipinski definition) is 4. The second-order valence-electron chi connectivity index (χ2n) is 4.78. The van der Waals surface area contributed by atoms with Gasteiger partial charge in [0, 0.05) is 12.7 Å². The van der Waals surface area contributed by atoms with E-state index in [1.54, 1.807) is 13.3 Å². The van der Waals surface area contributed by atoms with E-state index in [-0.39, 0.29) is 11.4 Å². The Morgan fingerprint density at radius 3 is 2.73 bits per heavy atom. The minimum atomic E-state index is -0.0347. The number of nitrogens with zero attached hydrogens (tertiary/aromatic N) is 3. The molecule has 1 N–H and O–H groups in total. The van der Waals surface area contributed by atoms with Crippen LogP contribution < -0.4 is 4.74 Å². The first kappa shape index (κ1) is 14.2. The fraction of sp³-hybridized carbons (Fsp3) is 0.125. The number of hydrogen-bond donors (Lipinski definition) is 1. The molecule has 0 saturated carbocycles. The van der Waals surface area contributed by atoms with Gasteiger partial charge in [0.15, 0.2) is 5.69 Å². The molecule has 1 aromatic carbocycles. The predicted molar refractivity (Wildman–Crippen MR) is 83.2 cm³/mol. The van der Waals surface area contributed by atoms with E-state index in [1.165, 1.54) is 6.20 Å². The maximum atomic E-state index is 9.93. The fourth-order valence-electron chi connectivity index (χ4n) is 2.41. The molecule has 0 spiro atoms. The van der Waals surface area contributed by atoms with E-state index in [0.717, 1.165) is 11.3 Å². The standard InChI is InChI=1S/C16H12ClN3O2/c1-22-11-4-2-10(3-5-11)8-20-9-12(17)15-14(21)7-19-13(6-18)16(15)20/h2-5,7,9,21H,8H2,1H3. The third-order valence-electron chi connectivity index (χ3n) is 3.45. The highest BCUT2D eigenvalue weighted by molar-refractivity contribution is 6.36. The summed E-state index contributed by atoms with van der Waals surface area (Å²) in [5, 5.41) is 20.0. The van der Waals surface area contributed by atoms with Crippen LogP contribution in [-0.4, -0.2) is 21.8 Å². The Labute approximate surface area is 132 Å². The molecule has 0 amide bonds. The summed E-state index contributed by atoms with van der Waals surface area (Å²) in [6.07, 6.45) is 2.93. The number of aromatic hydroxyl groups is 1. The average molecular weight is 314 g/mol. The Morgan fingerprint density at radius 1 is 1.36 bits per heavy atom. The molecule has 2 aromatic heterocycles. The van der Waals surface area contributed by atoms with Gasteiger partial charge in [0.2, 0.25) is 0 Å². The predicted octanol–water partition coefficient (Wildman–Crippen LogP) is 3.32. The van der Waals surface area contributed by atoms with Crippen LogP contribution in [0.2, 0.25) is 5.02 Å². The summed E-state index contributed by atoms with van der Waals surface area (Å²) < 4.78 is 6.94. The summed E-state index contributed by atoms with van der Waals surface area (Å²) in [5.41, 5.74) is 1.78. The third-order valence-corrected chi connectivity index (χ3v) is 3.73. The molecular weight excluding hydrogens is 302 g/mol.